The molecule has 1 saturated carbocycles. The zero-order chi connectivity index (χ0) is 11.0. The van der Waals surface area contributed by atoms with Crippen LogP contribution in [0, 0.1) is 5.41 Å². The lowest BCUT2D eigenvalue weighted by atomic mass is 10.1. The van der Waals surface area contributed by atoms with E-state index in [2.05, 4.69) is 45.9 Å². The van der Waals surface area contributed by atoms with Crippen LogP contribution in [0.25, 0.3) is 10.7 Å². The molecule has 1 fully saturated rings. The Bertz CT molecular complexity index is 469. The van der Waals surface area contributed by atoms with Crippen LogP contribution < -0.4 is 0 Å². The summed E-state index contributed by atoms with van der Waals surface area (Å²) in [4.78, 5) is 5.70. The fraction of sp³-hybridized carbons (Fsp3) is 0.417. The number of thiol groups is 1. The molecule has 0 radical (unpaired) electrons. The molecule has 16 heavy (non-hydrogen) atoms. The molecule has 0 unspecified atom stereocenters. The second-order valence-corrected chi connectivity index (χ2v) is 5.78. The molecule has 2 aromatic heterocycles. The number of hydrogen-bond acceptors (Lipinski definition) is 3. The van der Waals surface area contributed by atoms with E-state index < -0.39 is 0 Å². The molecular weight excluding hydrogens is 236 g/mol. The first-order valence-electron chi connectivity index (χ1n) is 5.49. The van der Waals surface area contributed by atoms with Crippen molar-refractivity contribution in [2.24, 2.45) is 5.41 Å². The van der Waals surface area contributed by atoms with Gasteiger partial charge in [0.05, 0.1) is 4.88 Å². The Labute approximate surface area is 105 Å². The maximum Gasteiger partial charge on any atom is 0.150 e. The summed E-state index contributed by atoms with van der Waals surface area (Å²) in [5, 5.41) is 2.10. The van der Waals surface area contributed by atoms with Gasteiger partial charge >= 0.3 is 0 Å². The smallest absolute Gasteiger partial charge is 0.150 e. The van der Waals surface area contributed by atoms with Crippen molar-refractivity contribution in [2.75, 3.05) is 5.75 Å². The number of rotatable bonds is 4. The van der Waals surface area contributed by atoms with Crippen molar-refractivity contribution in [3.63, 3.8) is 0 Å². The number of aromatic nitrogens is 2. The molecule has 0 atom stereocenters. The van der Waals surface area contributed by atoms with E-state index in [1.54, 1.807) is 11.3 Å². The highest BCUT2D eigenvalue weighted by Crippen LogP contribution is 2.48. The van der Waals surface area contributed by atoms with Gasteiger partial charge in [0.2, 0.25) is 0 Å². The Morgan fingerprint density at radius 1 is 1.50 bits per heavy atom. The summed E-state index contributed by atoms with van der Waals surface area (Å²) in [6, 6.07) is 4.20. The van der Waals surface area contributed by atoms with Crippen molar-refractivity contribution >= 4 is 24.0 Å². The van der Waals surface area contributed by atoms with Crippen molar-refractivity contribution in [1.82, 2.24) is 9.55 Å². The van der Waals surface area contributed by atoms with Gasteiger partial charge in [-0.3, -0.25) is 0 Å². The van der Waals surface area contributed by atoms with Crippen molar-refractivity contribution in [3.05, 3.63) is 29.9 Å². The van der Waals surface area contributed by atoms with E-state index >= 15 is 0 Å². The van der Waals surface area contributed by atoms with Gasteiger partial charge in [0.1, 0.15) is 5.82 Å². The predicted octanol–water partition coefficient (Wildman–Crippen LogP) is 3.32. The van der Waals surface area contributed by atoms with Crippen molar-refractivity contribution < 1.29 is 0 Å². The van der Waals surface area contributed by atoms with E-state index in [0.29, 0.717) is 5.41 Å². The second kappa shape index (κ2) is 3.93. The third kappa shape index (κ3) is 1.80. The van der Waals surface area contributed by atoms with Crippen molar-refractivity contribution in [1.29, 1.82) is 0 Å². The minimum atomic E-state index is 0.440. The van der Waals surface area contributed by atoms with Gasteiger partial charge in [-0.15, -0.1) is 11.3 Å². The fourth-order valence-electron chi connectivity index (χ4n) is 1.97. The number of hydrogen-bond donors (Lipinski definition) is 1. The van der Waals surface area contributed by atoms with Crippen molar-refractivity contribution in [3.8, 4) is 10.7 Å². The van der Waals surface area contributed by atoms with Gasteiger partial charge in [-0.25, -0.2) is 4.98 Å². The van der Waals surface area contributed by atoms with E-state index in [4.69, 9.17) is 0 Å². The third-order valence-electron chi connectivity index (χ3n) is 3.26. The highest BCUT2D eigenvalue weighted by atomic mass is 32.1. The SMILES string of the molecule is SCC1(Cn2ccnc2-c2cccs2)CC1. The molecule has 4 heteroatoms. The molecular formula is C12H14N2S2. The van der Waals surface area contributed by atoms with Crippen LogP contribution in [0.1, 0.15) is 12.8 Å². The van der Waals surface area contributed by atoms with Crippen LogP contribution in [0.2, 0.25) is 0 Å². The van der Waals surface area contributed by atoms with Gasteiger partial charge < -0.3 is 4.57 Å². The molecule has 0 N–H and O–H groups in total. The lowest BCUT2D eigenvalue weighted by molar-refractivity contribution is 0.477. The third-order valence-corrected chi connectivity index (χ3v) is 4.79. The number of imidazole rings is 1. The molecule has 2 aromatic rings. The first-order valence-corrected chi connectivity index (χ1v) is 7.00. The van der Waals surface area contributed by atoms with Gasteiger partial charge in [0.15, 0.2) is 0 Å². The minimum absolute atomic E-state index is 0.440. The second-order valence-electron chi connectivity index (χ2n) is 4.51. The van der Waals surface area contributed by atoms with Crippen LogP contribution in [0.3, 0.4) is 0 Å². The van der Waals surface area contributed by atoms with E-state index in [-0.39, 0.29) is 0 Å². The Kier molecular flexibility index (Phi) is 2.56. The standard InChI is InChI=1S/C12H14N2S2/c15-9-12(3-4-12)8-14-6-5-13-11(14)10-2-1-7-16-10/h1-2,5-7,15H,3-4,8-9H2. The first-order chi connectivity index (χ1) is 7.83. The Balaban J connectivity index is 1.88. The molecule has 0 amide bonds. The maximum absolute atomic E-state index is 4.45. The normalized spacial score (nSPS) is 17.6. The molecule has 3 rings (SSSR count). The maximum atomic E-state index is 4.45. The highest BCUT2D eigenvalue weighted by molar-refractivity contribution is 7.80. The Hall–Kier alpha value is -0.740. The molecule has 0 spiro atoms. The van der Waals surface area contributed by atoms with E-state index in [1.165, 1.54) is 17.7 Å². The van der Waals surface area contributed by atoms with E-state index in [9.17, 15) is 0 Å². The molecule has 0 aromatic carbocycles. The van der Waals surface area contributed by atoms with Crippen LogP contribution in [0.5, 0.6) is 0 Å². The summed E-state index contributed by atoms with van der Waals surface area (Å²) < 4.78 is 2.27. The van der Waals surface area contributed by atoms with Gasteiger partial charge in [-0.1, -0.05) is 6.07 Å². The molecule has 0 bridgehead atoms. The first kappa shape index (κ1) is 10.4. The summed E-state index contributed by atoms with van der Waals surface area (Å²) in [7, 11) is 0. The topological polar surface area (TPSA) is 17.8 Å². The van der Waals surface area contributed by atoms with Gasteiger partial charge in [-0.2, -0.15) is 12.6 Å². The summed E-state index contributed by atoms with van der Waals surface area (Å²) >= 11 is 6.20. The highest BCUT2D eigenvalue weighted by Gasteiger charge is 2.41. The van der Waals surface area contributed by atoms with Crippen LogP contribution in [-0.2, 0) is 6.54 Å². The van der Waals surface area contributed by atoms with Crippen LogP contribution in [0.4, 0.5) is 0 Å². The van der Waals surface area contributed by atoms with Crippen LogP contribution in [0.15, 0.2) is 29.9 Å². The van der Waals surface area contributed by atoms with Crippen LogP contribution in [-0.4, -0.2) is 15.3 Å². The lowest BCUT2D eigenvalue weighted by Crippen LogP contribution is -2.13. The largest absolute Gasteiger partial charge is 0.330 e. The molecule has 1 aliphatic carbocycles. The summed E-state index contributed by atoms with van der Waals surface area (Å²) in [6.45, 7) is 1.06. The zero-order valence-corrected chi connectivity index (χ0v) is 10.7. The van der Waals surface area contributed by atoms with Gasteiger partial charge in [-0.05, 0) is 35.5 Å². The summed E-state index contributed by atoms with van der Waals surface area (Å²) in [6.07, 6.45) is 6.58. The lowest BCUT2D eigenvalue weighted by Gasteiger charge is -2.14. The molecule has 2 nitrogen and oxygen atoms in total. The van der Waals surface area contributed by atoms with Gasteiger partial charge in [0, 0.05) is 18.9 Å². The minimum Gasteiger partial charge on any atom is -0.330 e. The molecule has 84 valence electrons. The Morgan fingerprint density at radius 2 is 2.38 bits per heavy atom. The fourth-order valence-corrected chi connectivity index (χ4v) is 3.12. The zero-order valence-electron chi connectivity index (χ0n) is 8.97. The Morgan fingerprint density at radius 3 is 3.00 bits per heavy atom. The van der Waals surface area contributed by atoms with Crippen molar-refractivity contribution in [2.45, 2.75) is 19.4 Å². The molecule has 2 heterocycles. The molecule has 0 saturated heterocycles. The predicted molar refractivity (Wildman–Crippen MR) is 71.1 cm³/mol. The number of thiophene rings is 1. The molecule has 1 aliphatic rings. The van der Waals surface area contributed by atoms with E-state index in [0.717, 1.165) is 18.1 Å². The molecule has 0 aliphatic heterocycles. The van der Waals surface area contributed by atoms with E-state index in [1.807, 2.05) is 6.20 Å². The summed E-state index contributed by atoms with van der Waals surface area (Å²) in [5.41, 5.74) is 0.440. The van der Waals surface area contributed by atoms with Gasteiger partial charge in [0.25, 0.3) is 0 Å². The number of nitrogens with zero attached hydrogens (tertiary/aromatic N) is 2. The monoisotopic (exact) mass is 250 g/mol. The summed E-state index contributed by atoms with van der Waals surface area (Å²) in [5.74, 6) is 2.08. The quantitative estimate of drug-likeness (QED) is 0.824. The average Bonchev–Trinajstić information content (AvgIpc) is 2.71. The average molecular weight is 250 g/mol. The van der Waals surface area contributed by atoms with Crippen LogP contribution >= 0.6 is 24.0 Å².